The van der Waals surface area contributed by atoms with E-state index in [1.807, 2.05) is 6.08 Å². The predicted octanol–water partition coefficient (Wildman–Crippen LogP) is 3.43. The van der Waals surface area contributed by atoms with Gasteiger partial charge in [0.15, 0.2) is 0 Å². The lowest BCUT2D eigenvalue weighted by Gasteiger charge is -2.09. The summed E-state index contributed by atoms with van der Waals surface area (Å²) in [6.07, 6.45) is 1.93. The molecule has 102 valence electrons. The van der Waals surface area contributed by atoms with Crippen LogP contribution in [0.2, 0.25) is 0 Å². The van der Waals surface area contributed by atoms with Crippen LogP contribution in [0.1, 0.15) is 12.6 Å². The van der Waals surface area contributed by atoms with Crippen molar-refractivity contribution in [2.45, 2.75) is 25.4 Å². The highest BCUT2D eigenvalue weighted by Crippen LogP contribution is 2.36. The molecule has 2 aromatic rings. The summed E-state index contributed by atoms with van der Waals surface area (Å²) in [7, 11) is 0. The second-order valence-electron chi connectivity index (χ2n) is 4.28. The molecule has 5 heteroatoms. The topological polar surface area (TPSA) is 34.0 Å². The molecule has 3 nitrogen and oxygen atoms in total. The van der Waals surface area contributed by atoms with Gasteiger partial charge in [0.25, 0.3) is 0 Å². The summed E-state index contributed by atoms with van der Waals surface area (Å²) in [5.41, 5.74) is 1.30. The first-order chi connectivity index (χ1) is 9.15. The minimum atomic E-state index is 0.0268. The maximum atomic E-state index is 10.9. The molecule has 0 aliphatic rings. The monoisotopic (exact) mass is 294 g/mol. The summed E-state index contributed by atoms with van der Waals surface area (Å²) in [4.78, 5) is 10.9. The lowest BCUT2D eigenvalue weighted by atomic mass is 10.4. The first-order valence-corrected chi connectivity index (χ1v) is 8.06. The zero-order valence-corrected chi connectivity index (χ0v) is 12.9. The van der Waals surface area contributed by atoms with Gasteiger partial charge in [-0.05, 0) is 18.4 Å². The lowest BCUT2D eigenvalue weighted by Crippen LogP contribution is -2.22. The maximum Gasteiger partial charge on any atom is 0.216 e. The van der Waals surface area contributed by atoms with Crippen LogP contribution in [0.25, 0.3) is 10.1 Å². The number of aryl methyl sites for hydroxylation is 1. The van der Waals surface area contributed by atoms with Gasteiger partial charge in [-0.3, -0.25) is 4.79 Å². The second-order valence-corrected chi connectivity index (χ2v) is 6.28. The molecule has 2 aromatic heterocycles. The van der Waals surface area contributed by atoms with Crippen molar-refractivity contribution < 1.29 is 4.79 Å². The van der Waals surface area contributed by atoms with Gasteiger partial charge in [0.1, 0.15) is 0 Å². The number of thiophene rings is 1. The van der Waals surface area contributed by atoms with Gasteiger partial charge in [0, 0.05) is 36.8 Å². The van der Waals surface area contributed by atoms with Gasteiger partial charge in [-0.15, -0.1) is 29.7 Å². The molecular formula is C14H18N2OS2. The third-order valence-corrected chi connectivity index (χ3v) is 5.05. The van der Waals surface area contributed by atoms with Crippen molar-refractivity contribution in [3.63, 3.8) is 0 Å². The molecular weight excluding hydrogens is 276 g/mol. The summed E-state index contributed by atoms with van der Waals surface area (Å²) in [6, 6.07) is 2.17. The Morgan fingerprint density at radius 3 is 3.11 bits per heavy atom. The summed E-state index contributed by atoms with van der Waals surface area (Å²) >= 11 is 3.57. The van der Waals surface area contributed by atoms with Crippen LogP contribution in [0.3, 0.4) is 0 Å². The van der Waals surface area contributed by atoms with Gasteiger partial charge < -0.3 is 9.88 Å². The van der Waals surface area contributed by atoms with E-state index in [0.717, 1.165) is 12.3 Å². The zero-order chi connectivity index (χ0) is 13.8. The second kappa shape index (κ2) is 6.30. The largest absolute Gasteiger partial charge is 0.356 e. The van der Waals surface area contributed by atoms with Crippen molar-refractivity contribution in [2.24, 2.45) is 0 Å². The van der Waals surface area contributed by atoms with Crippen LogP contribution < -0.4 is 5.32 Å². The van der Waals surface area contributed by atoms with Crippen LogP contribution in [0.15, 0.2) is 29.1 Å². The van der Waals surface area contributed by atoms with Crippen molar-refractivity contribution in [3.05, 3.63) is 29.8 Å². The average molecular weight is 294 g/mol. The minimum Gasteiger partial charge on any atom is -0.356 e. The third kappa shape index (κ3) is 3.04. The van der Waals surface area contributed by atoms with Crippen molar-refractivity contribution in [2.75, 3.05) is 12.3 Å². The first-order valence-electron chi connectivity index (χ1n) is 6.19. The van der Waals surface area contributed by atoms with Gasteiger partial charge in [-0.2, -0.15) is 0 Å². The fourth-order valence-electron chi connectivity index (χ4n) is 2.06. The number of rotatable bonds is 6. The van der Waals surface area contributed by atoms with Crippen molar-refractivity contribution in [1.82, 2.24) is 9.88 Å². The highest BCUT2D eigenvalue weighted by Gasteiger charge is 2.14. The first kappa shape index (κ1) is 14.2. The summed E-state index contributed by atoms with van der Waals surface area (Å²) in [6.45, 7) is 9.06. The van der Waals surface area contributed by atoms with Gasteiger partial charge in [0.05, 0.1) is 9.73 Å². The minimum absolute atomic E-state index is 0.0268. The van der Waals surface area contributed by atoms with Crippen LogP contribution in [0, 0.1) is 6.92 Å². The van der Waals surface area contributed by atoms with E-state index in [-0.39, 0.29) is 5.91 Å². The quantitative estimate of drug-likeness (QED) is 0.503. The highest BCUT2D eigenvalue weighted by atomic mass is 32.2. The molecule has 19 heavy (non-hydrogen) atoms. The number of nitrogens with one attached hydrogen (secondary N) is 1. The number of carbonyl (C=O) groups excluding carboxylic acids is 1. The molecule has 2 rings (SSSR count). The number of carbonyl (C=O) groups is 1. The summed E-state index contributed by atoms with van der Waals surface area (Å²) in [5, 5.41) is 7.56. The lowest BCUT2D eigenvalue weighted by molar-refractivity contribution is -0.118. The van der Waals surface area contributed by atoms with E-state index >= 15 is 0 Å². The molecule has 0 fully saturated rings. The normalized spacial score (nSPS) is 10.8. The summed E-state index contributed by atoms with van der Waals surface area (Å²) in [5.74, 6) is 0.907. The smallest absolute Gasteiger partial charge is 0.216 e. The third-order valence-electron chi connectivity index (χ3n) is 2.90. The Morgan fingerprint density at radius 2 is 2.42 bits per heavy atom. The number of thioether (sulfide) groups is 1. The molecule has 2 heterocycles. The van der Waals surface area contributed by atoms with Crippen molar-refractivity contribution >= 4 is 39.1 Å². The van der Waals surface area contributed by atoms with E-state index in [4.69, 9.17) is 0 Å². The van der Waals surface area contributed by atoms with E-state index in [2.05, 4.69) is 34.8 Å². The Hall–Kier alpha value is -1.20. The van der Waals surface area contributed by atoms with E-state index in [1.54, 1.807) is 30.0 Å². The van der Waals surface area contributed by atoms with Gasteiger partial charge in [-0.25, -0.2) is 0 Å². The number of hydrogen-bond donors (Lipinski definition) is 1. The number of hydrogen-bond acceptors (Lipinski definition) is 3. The molecule has 1 N–H and O–H groups in total. The van der Waals surface area contributed by atoms with E-state index in [9.17, 15) is 4.79 Å². The highest BCUT2D eigenvalue weighted by molar-refractivity contribution is 7.99. The van der Waals surface area contributed by atoms with Crippen molar-refractivity contribution in [3.8, 4) is 0 Å². The van der Waals surface area contributed by atoms with Gasteiger partial charge in [-0.1, -0.05) is 6.08 Å². The Balaban J connectivity index is 2.19. The fraction of sp³-hybridized carbons (Fsp3) is 0.357. The Kier molecular flexibility index (Phi) is 4.71. The number of fused-ring (bicyclic) bond motifs is 1. The summed E-state index contributed by atoms with van der Waals surface area (Å²) < 4.78 is 3.65. The molecule has 0 unspecified atom stereocenters. The van der Waals surface area contributed by atoms with Crippen LogP contribution >= 0.6 is 23.1 Å². The molecule has 0 saturated heterocycles. The fourth-order valence-corrected chi connectivity index (χ4v) is 4.13. The molecule has 0 bridgehead atoms. The molecule has 0 aliphatic heterocycles. The van der Waals surface area contributed by atoms with Crippen LogP contribution in [0.5, 0.6) is 0 Å². The standard InChI is InChI=1S/C14H18N2OS2/c1-4-7-16-10(2)13-12(5-8-18-13)14(16)19-9-6-15-11(3)17/h4-5,8H,1,6-7,9H2,2-3H3,(H,15,17). The molecule has 0 spiro atoms. The number of nitrogens with zero attached hydrogens (tertiary/aromatic N) is 1. The molecule has 0 saturated carbocycles. The van der Waals surface area contributed by atoms with Crippen molar-refractivity contribution in [1.29, 1.82) is 0 Å². The molecule has 0 radical (unpaired) electrons. The Bertz CT molecular complexity index is 598. The van der Waals surface area contributed by atoms with Crippen LogP contribution in [0.4, 0.5) is 0 Å². The SMILES string of the molecule is C=CCn1c(SCCNC(C)=O)c2ccsc2c1C. The molecule has 0 aromatic carbocycles. The number of amides is 1. The Labute approximate surface area is 121 Å². The van der Waals surface area contributed by atoms with E-state index in [0.29, 0.717) is 6.54 Å². The molecule has 0 aliphatic carbocycles. The molecule has 0 atom stereocenters. The molecule has 1 amide bonds. The predicted molar refractivity (Wildman–Crippen MR) is 84.2 cm³/mol. The van der Waals surface area contributed by atoms with Gasteiger partial charge in [0.2, 0.25) is 5.91 Å². The zero-order valence-electron chi connectivity index (χ0n) is 11.2. The van der Waals surface area contributed by atoms with Crippen LogP contribution in [-0.2, 0) is 11.3 Å². The van der Waals surface area contributed by atoms with E-state index < -0.39 is 0 Å². The number of aromatic nitrogens is 1. The average Bonchev–Trinajstić information content (AvgIpc) is 2.92. The van der Waals surface area contributed by atoms with Crippen LogP contribution in [-0.4, -0.2) is 22.8 Å². The van der Waals surface area contributed by atoms with E-state index in [1.165, 1.54) is 20.8 Å². The van der Waals surface area contributed by atoms with Gasteiger partial charge >= 0.3 is 0 Å². The maximum absolute atomic E-state index is 10.9. The number of allylic oxidation sites excluding steroid dienone is 1. The Morgan fingerprint density at radius 1 is 1.63 bits per heavy atom.